The topological polar surface area (TPSA) is 235 Å². The number of benzene rings is 4. The van der Waals surface area contributed by atoms with Crippen LogP contribution in [0.25, 0.3) is 22.5 Å². The molecule has 7 N–H and O–H groups in total. The molecule has 8 rings (SSSR count). The minimum absolute atomic E-state index is 0.00962. The van der Waals surface area contributed by atoms with Gasteiger partial charge in [0.05, 0.1) is 63.9 Å². The highest BCUT2D eigenvalue weighted by Gasteiger charge is 2.35. The number of hydrogen-bond acceptors (Lipinski definition) is 13. The van der Waals surface area contributed by atoms with Crippen LogP contribution in [-0.4, -0.2) is 133 Å². The number of halogens is 2. The van der Waals surface area contributed by atoms with Crippen LogP contribution < -0.4 is 16.0 Å². The number of anilines is 2. The van der Waals surface area contributed by atoms with Crippen LogP contribution in [0.3, 0.4) is 0 Å². The number of nitrogens with one attached hydrogen (secondary N) is 3. The first kappa shape index (κ1) is 53.4. The van der Waals surface area contributed by atoms with Gasteiger partial charge in [-0.3, -0.25) is 23.9 Å². The fourth-order valence-corrected chi connectivity index (χ4v) is 7.70. The van der Waals surface area contributed by atoms with Crippen LogP contribution >= 0.6 is 23.2 Å². The number of aromatic hydroxyl groups is 2. The average molecular weight is 1030 g/mol. The predicted octanol–water partition coefficient (Wildman–Crippen LogP) is 6.10. The van der Waals surface area contributed by atoms with E-state index in [0.29, 0.717) is 93.5 Å². The van der Waals surface area contributed by atoms with E-state index in [2.05, 4.69) is 49.8 Å². The maximum atomic E-state index is 13.0. The van der Waals surface area contributed by atoms with Gasteiger partial charge in [0, 0.05) is 69.2 Å². The van der Waals surface area contributed by atoms with E-state index in [4.69, 9.17) is 37.4 Å². The summed E-state index contributed by atoms with van der Waals surface area (Å²) in [7, 11) is 0. The van der Waals surface area contributed by atoms with Crippen molar-refractivity contribution >= 4 is 52.5 Å². The second kappa shape index (κ2) is 24.8. The first-order chi connectivity index (χ1) is 35.1. The van der Waals surface area contributed by atoms with Gasteiger partial charge in [0.15, 0.2) is 0 Å². The normalized spacial score (nSPS) is 15.4. The van der Waals surface area contributed by atoms with Crippen LogP contribution in [-0.2, 0) is 36.9 Å². The van der Waals surface area contributed by atoms with E-state index in [1.807, 2.05) is 12.1 Å². The molecule has 2 aromatic heterocycles. The lowest BCUT2D eigenvalue weighted by Crippen LogP contribution is -2.55. The van der Waals surface area contributed by atoms with Gasteiger partial charge in [-0.2, -0.15) is 10.2 Å². The zero-order chi connectivity index (χ0) is 52.1. The SMILES string of the molecule is CC(C)(C)OC(=O)N1CCOCC1C(=O)Nc1ccc(C#Cc2cn(CCO)nc2-c2cc(Cl)ccc2O)cc1.O=C(Nc1ccc(C#Cc2cn(CCO)nc2-c2cc(Cl)ccc2O)cc1)C1COCCN1. The van der Waals surface area contributed by atoms with E-state index in [0.717, 1.165) is 5.56 Å². The summed E-state index contributed by atoms with van der Waals surface area (Å²) < 4.78 is 19.3. The number of carbonyl (C=O) groups excluding carboxylic acids is 3. The van der Waals surface area contributed by atoms with E-state index in [1.165, 1.54) is 17.0 Å². The Kier molecular flexibility index (Phi) is 18.2. The van der Waals surface area contributed by atoms with Gasteiger partial charge >= 0.3 is 6.09 Å². The van der Waals surface area contributed by atoms with Gasteiger partial charge < -0.3 is 50.6 Å². The molecule has 18 nitrogen and oxygen atoms in total. The Labute approximate surface area is 431 Å². The summed E-state index contributed by atoms with van der Waals surface area (Å²) in [4.78, 5) is 39.3. The monoisotopic (exact) mass is 1030 g/mol. The van der Waals surface area contributed by atoms with Crippen molar-refractivity contribution in [2.45, 2.75) is 51.5 Å². The lowest BCUT2D eigenvalue weighted by Gasteiger charge is -2.35. The van der Waals surface area contributed by atoms with Crippen molar-refractivity contribution in [2.24, 2.45) is 0 Å². The van der Waals surface area contributed by atoms with Crippen molar-refractivity contribution in [3.63, 3.8) is 0 Å². The molecule has 0 bridgehead atoms. The zero-order valence-electron chi connectivity index (χ0n) is 40.2. The number of amides is 3. The second-order valence-corrected chi connectivity index (χ2v) is 18.4. The van der Waals surface area contributed by atoms with Gasteiger partial charge in [-0.1, -0.05) is 46.9 Å². The molecule has 0 radical (unpaired) electrons. The zero-order valence-corrected chi connectivity index (χ0v) is 41.7. The molecule has 4 heterocycles. The van der Waals surface area contributed by atoms with Gasteiger partial charge in [0.1, 0.15) is 40.6 Å². The Balaban J connectivity index is 0.000000218. The number of aliphatic hydroxyl groups excluding tert-OH is 2. The molecular formula is C53H54Cl2N8O10. The number of hydrogen-bond donors (Lipinski definition) is 7. The number of aromatic nitrogens is 4. The largest absolute Gasteiger partial charge is 0.507 e. The summed E-state index contributed by atoms with van der Waals surface area (Å²) in [5.41, 5.74) is 4.86. The molecular weight excluding hydrogens is 980 g/mol. The third-order valence-electron chi connectivity index (χ3n) is 10.9. The van der Waals surface area contributed by atoms with Crippen LogP contribution in [0.2, 0.25) is 10.0 Å². The van der Waals surface area contributed by atoms with Crippen LogP contribution in [0.1, 0.15) is 43.0 Å². The van der Waals surface area contributed by atoms with Gasteiger partial charge in [-0.25, -0.2) is 4.79 Å². The molecule has 0 spiro atoms. The van der Waals surface area contributed by atoms with E-state index in [1.54, 1.807) is 103 Å². The molecule has 3 amide bonds. The fourth-order valence-electron chi connectivity index (χ4n) is 7.35. The summed E-state index contributed by atoms with van der Waals surface area (Å²) in [6, 6.07) is 22.3. The minimum Gasteiger partial charge on any atom is -0.507 e. The molecule has 6 aromatic rings. The van der Waals surface area contributed by atoms with E-state index >= 15 is 0 Å². The van der Waals surface area contributed by atoms with Crippen LogP contribution in [0, 0.1) is 23.7 Å². The molecule has 2 aliphatic rings. The summed E-state index contributed by atoms with van der Waals surface area (Å²) in [6.07, 6.45) is 2.84. The number of aliphatic hydroxyl groups is 2. The smallest absolute Gasteiger partial charge is 0.411 e. The summed E-state index contributed by atoms with van der Waals surface area (Å²) in [5, 5.41) is 57.8. The maximum Gasteiger partial charge on any atom is 0.411 e. The fraction of sp³-hybridized carbons (Fsp3) is 0.302. The lowest BCUT2D eigenvalue weighted by atomic mass is 10.1. The highest BCUT2D eigenvalue weighted by Crippen LogP contribution is 2.34. The molecule has 4 aromatic carbocycles. The van der Waals surface area contributed by atoms with Crippen LogP contribution in [0.5, 0.6) is 11.5 Å². The van der Waals surface area contributed by atoms with Gasteiger partial charge in [0.2, 0.25) is 11.8 Å². The van der Waals surface area contributed by atoms with Crippen molar-refractivity contribution in [2.75, 3.05) is 63.4 Å². The molecule has 73 heavy (non-hydrogen) atoms. The first-order valence-electron chi connectivity index (χ1n) is 23.2. The van der Waals surface area contributed by atoms with Crippen molar-refractivity contribution in [1.82, 2.24) is 29.8 Å². The Morgan fingerprint density at radius 3 is 1.67 bits per heavy atom. The van der Waals surface area contributed by atoms with Gasteiger partial charge in [-0.05, 0) is 106 Å². The lowest BCUT2D eigenvalue weighted by molar-refractivity contribution is -0.127. The van der Waals surface area contributed by atoms with Crippen molar-refractivity contribution in [3.05, 3.63) is 130 Å². The number of morpholine rings is 2. The molecule has 2 fully saturated rings. The number of phenols is 2. The van der Waals surface area contributed by atoms with E-state index in [-0.39, 0.29) is 62.3 Å². The van der Waals surface area contributed by atoms with Crippen LogP contribution in [0.15, 0.2) is 97.3 Å². The third kappa shape index (κ3) is 14.8. The Bertz CT molecular complexity index is 3030. The number of rotatable bonds is 10. The molecule has 2 saturated heterocycles. The Morgan fingerprint density at radius 2 is 1.21 bits per heavy atom. The third-order valence-corrected chi connectivity index (χ3v) is 11.4. The standard InChI is InChI=1S/C29H31ClN4O6.C24H23ClN4O4/c1-29(2,3)40-28(38)34-13-15-39-18-24(34)27(37)31-22-9-5-19(6-10-22)4-7-20-17-33(12-14-35)32-26(20)23-16-21(30)8-11-25(23)36;25-18-5-8-22(31)20(13-18)23-17(14-29(28-23)10-11-30)4-1-16-2-6-19(7-3-16)27-24(32)21-15-33-12-9-26-21/h5-6,8-11,16-17,24,35-36H,12-15,18H2,1-3H3,(H,31,37);2-3,5-8,13-14,21,26,30-31H,9-12,15H2,(H,27,32). The highest BCUT2D eigenvalue weighted by molar-refractivity contribution is 6.31. The van der Waals surface area contributed by atoms with Gasteiger partial charge in [-0.15, -0.1) is 0 Å². The van der Waals surface area contributed by atoms with E-state index in [9.17, 15) is 34.8 Å². The second-order valence-electron chi connectivity index (χ2n) is 17.6. The quantitative estimate of drug-likeness (QED) is 0.0770. The number of nitrogens with zero attached hydrogens (tertiary/aromatic N) is 5. The molecule has 2 atom stereocenters. The average Bonchev–Trinajstić information content (AvgIpc) is 3.98. The Morgan fingerprint density at radius 1 is 0.712 bits per heavy atom. The number of phenolic OH excluding ortho intramolecular Hbond substituents is 2. The van der Waals surface area contributed by atoms with Crippen LogP contribution in [0.4, 0.5) is 16.2 Å². The number of carbonyl (C=O) groups is 3. The van der Waals surface area contributed by atoms with Gasteiger partial charge in [0.25, 0.3) is 0 Å². The first-order valence-corrected chi connectivity index (χ1v) is 23.9. The molecule has 0 aliphatic carbocycles. The molecule has 380 valence electrons. The summed E-state index contributed by atoms with van der Waals surface area (Å²) in [6.45, 7) is 7.96. The Hall–Kier alpha value is -7.39. The molecule has 2 aliphatic heterocycles. The summed E-state index contributed by atoms with van der Waals surface area (Å²) >= 11 is 12.2. The van der Waals surface area contributed by atoms with Crippen molar-refractivity contribution in [1.29, 1.82) is 0 Å². The number of ether oxygens (including phenoxy) is 3. The predicted molar refractivity (Wildman–Crippen MR) is 275 cm³/mol. The minimum atomic E-state index is -0.820. The maximum absolute atomic E-state index is 13.0. The van der Waals surface area contributed by atoms with Crippen molar-refractivity contribution < 1.29 is 49.0 Å². The highest BCUT2D eigenvalue weighted by atomic mass is 35.5. The molecule has 20 heteroatoms. The molecule has 2 unspecified atom stereocenters. The van der Waals surface area contributed by atoms with E-state index < -0.39 is 17.7 Å². The van der Waals surface area contributed by atoms with Crippen molar-refractivity contribution in [3.8, 4) is 57.7 Å². The summed E-state index contributed by atoms with van der Waals surface area (Å²) in [5.74, 6) is 11.8. The molecule has 0 saturated carbocycles.